The molecule has 5 rings (SSSR count). The Bertz CT molecular complexity index is 1460. The molecule has 0 unspecified atom stereocenters. The van der Waals surface area contributed by atoms with Crippen LogP contribution in [0.4, 0.5) is 0 Å². The fraction of sp³-hybridized carbons (Fsp3) is 0.321. The lowest BCUT2D eigenvalue weighted by Gasteiger charge is -2.29. The predicted octanol–water partition coefficient (Wildman–Crippen LogP) is 5.64. The van der Waals surface area contributed by atoms with Gasteiger partial charge in [0, 0.05) is 40.6 Å². The van der Waals surface area contributed by atoms with E-state index in [-0.39, 0.29) is 0 Å². The van der Waals surface area contributed by atoms with Gasteiger partial charge in [-0.3, -0.25) is 4.98 Å². The first-order valence-electron chi connectivity index (χ1n) is 11.6. The van der Waals surface area contributed by atoms with E-state index in [1.165, 1.54) is 0 Å². The summed E-state index contributed by atoms with van der Waals surface area (Å²) in [4.78, 5) is 22.0. The molecule has 7 heteroatoms. The van der Waals surface area contributed by atoms with Crippen LogP contribution in [0.2, 0.25) is 0 Å². The summed E-state index contributed by atoms with van der Waals surface area (Å²) in [6.45, 7) is 8.07. The van der Waals surface area contributed by atoms with Gasteiger partial charge in [0.05, 0.1) is 30.4 Å². The van der Waals surface area contributed by atoms with Gasteiger partial charge < -0.3 is 19.3 Å². The number of aliphatic carboxylic acids is 1. The van der Waals surface area contributed by atoms with Crippen LogP contribution in [0.1, 0.15) is 43.6 Å². The molecule has 35 heavy (non-hydrogen) atoms. The molecule has 0 saturated heterocycles. The molecule has 2 aromatic heterocycles. The number of carbonyl (C=O) groups is 1. The topological polar surface area (TPSA) is 90.8 Å². The second kappa shape index (κ2) is 8.50. The number of hydrogen-bond donors (Lipinski definition) is 1. The first-order chi connectivity index (χ1) is 16.7. The van der Waals surface area contributed by atoms with Crippen LogP contribution in [0.5, 0.6) is 11.6 Å². The van der Waals surface area contributed by atoms with Crippen molar-refractivity contribution in [3.05, 3.63) is 59.3 Å². The molecule has 0 bridgehead atoms. The van der Waals surface area contributed by atoms with Crippen LogP contribution in [0.15, 0.2) is 42.6 Å². The summed E-state index contributed by atoms with van der Waals surface area (Å²) >= 11 is 0. The molecule has 0 amide bonds. The molecule has 1 aliphatic rings. The van der Waals surface area contributed by atoms with Crippen LogP contribution in [0.3, 0.4) is 0 Å². The summed E-state index contributed by atoms with van der Waals surface area (Å²) < 4.78 is 17.4. The van der Waals surface area contributed by atoms with E-state index in [2.05, 4.69) is 4.98 Å². The average Bonchev–Trinajstić information content (AvgIpc) is 2.82. The minimum Gasteiger partial charge on any atom is -0.493 e. The zero-order chi connectivity index (χ0) is 24.9. The van der Waals surface area contributed by atoms with Gasteiger partial charge in [-0.05, 0) is 74.7 Å². The van der Waals surface area contributed by atoms with E-state index < -0.39 is 17.7 Å². The number of rotatable bonds is 5. The lowest BCUT2D eigenvalue weighted by Crippen LogP contribution is -2.28. The van der Waals surface area contributed by atoms with Crippen molar-refractivity contribution >= 4 is 27.8 Å². The molecule has 0 fully saturated rings. The first kappa shape index (κ1) is 23.1. The summed E-state index contributed by atoms with van der Waals surface area (Å²) in [6, 6.07) is 11.5. The molecule has 0 aliphatic carbocycles. The maximum Gasteiger partial charge on any atom is 0.337 e. The Morgan fingerprint density at radius 2 is 1.97 bits per heavy atom. The highest BCUT2D eigenvalue weighted by Gasteiger charge is 2.32. The van der Waals surface area contributed by atoms with E-state index in [9.17, 15) is 9.90 Å². The smallest absolute Gasteiger partial charge is 0.337 e. The highest BCUT2D eigenvalue weighted by molar-refractivity contribution is 6.08. The number of carboxylic acids is 1. The van der Waals surface area contributed by atoms with Gasteiger partial charge in [-0.25, -0.2) is 9.78 Å². The highest BCUT2D eigenvalue weighted by atomic mass is 16.5. The number of pyridine rings is 2. The Morgan fingerprint density at radius 1 is 1.17 bits per heavy atom. The number of methoxy groups -OCH3 is 1. The average molecular weight is 473 g/mol. The van der Waals surface area contributed by atoms with E-state index in [1.807, 2.05) is 58.0 Å². The van der Waals surface area contributed by atoms with Crippen molar-refractivity contribution in [2.75, 3.05) is 13.7 Å². The van der Waals surface area contributed by atoms with Crippen molar-refractivity contribution in [3.63, 3.8) is 0 Å². The van der Waals surface area contributed by atoms with Gasteiger partial charge in [-0.2, -0.15) is 0 Å². The van der Waals surface area contributed by atoms with Gasteiger partial charge in [-0.15, -0.1) is 0 Å². The van der Waals surface area contributed by atoms with E-state index in [0.29, 0.717) is 23.6 Å². The summed E-state index contributed by atoms with van der Waals surface area (Å²) in [7, 11) is 1.57. The number of nitrogens with zero attached hydrogens (tertiary/aromatic N) is 2. The van der Waals surface area contributed by atoms with Crippen molar-refractivity contribution in [2.24, 2.45) is 0 Å². The Kier molecular flexibility index (Phi) is 5.60. The summed E-state index contributed by atoms with van der Waals surface area (Å²) in [5.74, 6) is 0.223. The Labute approximate surface area is 203 Å². The Balaban J connectivity index is 1.91. The second-order valence-corrected chi connectivity index (χ2v) is 9.75. The summed E-state index contributed by atoms with van der Waals surface area (Å²) in [5, 5.41) is 12.1. The largest absolute Gasteiger partial charge is 0.493 e. The molecule has 180 valence electrons. The standard InChI is InChI=1S/C28H28N2O5/c1-15-14-19-17(7-9-21(30-19)33-5)24(22(15)26(27(31)32)35-28(2,3)4)18-6-8-20-23-16(11-13-34-20)10-12-29-25(18)23/h6-10,12,14,26H,11,13H2,1-5H3,(H,31,32)/t26-/m0/s1. The molecule has 3 heterocycles. The van der Waals surface area contributed by atoms with Crippen LogP contribution < -0.4 is 9.47 Å². The number of carboxylic acid groups (broad SMARTS) is 1. The molecular weight excluding hydrogens is 444 g/mol. The van der Waals surface area contributed by atoms with Crippen LogP contribution in [0, 0.1) is 6.92 Å². The van der Waals surface area contributed by atoms with E-state index in [4.69, 9.17) is 19.2 Å². The van der Waals surface area contributed by atoms with Crippen LogP contribution in [-0.4, -0.2) is 40.4 Å². The minimum absolute atomic E-state index is 0.486. The maximum absolute atomic E-state index is 12.6. The van der Waals surface area contributed by atoms with Crippen molar-refractivity contribution in [3.8, 4) is 22.8 Å². The zero-order valence-electron chi connectivity index (χ0n) is 20.5. The summed E-state index contributed by atoms with van der Waals surface area (Å²) in [6.07, 6.45) is 1.41. The first-order valence-corrected chi connectivity index (χ1v) is 11.6. The monoisotopic (exact) mass is 472 g/mol. The number of hydrogen-bond acceptors (Lipinski definition) is 6. The van der Waals surface area contributed by atoms with Crippen LogP contribution >= 0.6 is 0 Å². The molecule has 1 atom stereocenters. The van der Waals surface area contributed by atoms with Crippen LogP contribution in [-0.2, 0) is 16.0 Å². The molecule has 7 nitrogen and oxygen atoms in total. The van der Waals surface area contributed by atoms with Gasteiger partial charge in [0.15, 0.2) is 6.10 Å². The van der Waals surface area contributed by atoms with Gasteiger partial charge in [0.2, 0.25) is 5.88 Å². The third-order valence-electron chi connectivity index (χ3n) is 6.22. The van der Waals surface area contributed by atoms with Crippen molar-refractivity contribution in [2.45, 2.75) is 45.8 Å². The Hall–Kier alpha value is -3.71. The molecule has 0 spiro atoms. The fourth-order valence-corrected chi connectivity index (χ4v) is 4.83. The third-order valence-corrected chi connectivity index (χ3v) is 6.22. The maximum atomic E-state index is 12.6. The van der Waals surface area contributed by atoms with E-state index in [0.717, 1.165) is 50.7 Å². The minimum atomic E-state index is -1.18. The molecule has 4 aromatic rings. The lowest BCUT2D eigenvalue weighted by molar-refractivity contribution is -0.160. The molecule has 2 aromatic carbocycles. The van der Waals surface area contributed by atoms with Crippen molar-refractivity contribution in [1.82, 2.24) is 9.97 Å². The number of benzene rings is 2. The molecule has 0 saturated carbocycles. The highest BCUT2D eigenvalue weighted by Crippen LogP contribution is 2.45. The Morgan fingerprint density at radius 3 is 2.69 bits per heavy atom. The normalized spacial score (nSPS) is 14.1. The van der Waals surface area contributed by atoms with Gasteiger partial charge in [0.1, 0.15) is 5.75 Å². The molecular formula is C28H28N2O5. The molecule has 1 N–H and O–H groups in total. The van der Waals surface area contributed by atoms with Crippen LogP contribution in [0.25, 0.3) is 32.9 Å². The van der Waals surface area contributed by atoms with Gasteiger partial charge in [-0.1, -0.05) is 0 Å². The summed E-state index contributed by atoms with van der Waals surface area (Å²) in [5.41, 5.74) is 4.88. The van der Waals surface area contributed by atoms with Crippen molar-refractivity contribution < 1.29 is 24.1 Å². The van der Waals surface area contributed by atoms with E-state index >= 15 is 0 Å². The SMILES string of the molecule is COc1ccc2c(-c3ccc4c5c(ccnc35)CCO4)c([C@H](OC(C)(C)C)C(=O)O)c(C)cc2n1. The number of fused-ring (bicyclic) bond motifs is 1. The molecule has 1 aliphatic heterocycles. The van der Waals surface area contributed by atoms with Gasteiger partial charge in [0.25, 0.3) is 0 Å². The lowest BCUT2D eigenvalue weighted by atomic mass is 9.86. The predicted molar refractivity (Wildman–Crippen MR) is 134 cm³/mol. The van der Waals surface area contributed by atoms with Crippen molar-refractivity contribution in [1.29, 1.82) is 0 Å². The second-order valence-electron chi connectivity index (χ2n) is 9.75. The number of aryl methyl sites for hydroxylation is 1. The zero-order valence-corrected chi connectivity index (χ0v) is 20.5. The molecule has 0 radical (unpaired) electrons. The number of aromatic nitrogens is 2. The quantitative estimate of drug-likeness (QED) is 0.402. The number of ether oxygens (including phenoxy) is 3. The third kappa shape index (κ3) is 4.06. The van der Waals surface area contributed by atoms with Gasteiger partial charge >= 0.3 is 5.97 Å². The fourth-order valence-electron chi connectivity index (χ4n) is 4.83. The van der Waals surface area contributed by atoms with E-state index in [1.54, 1.807) is 19.4 Å².